The standard InChI is InChI=1S/C24H22FN5/c25-22-12-10-18(11-13-22)16-30-24(26-27-28-30)23(20-7-2-1-3-8-20)29-15-14-19-6-4-5-9-21(19)17-29/h1-13,23H,14-17H2/p+1/t23-/m0/s1. The van der Waals surface area contributed by atoms with E-state index >= 15 is 0 Å². The first kappa shape index (κ1) is 18.6. The molecule has 0 spiro atoms. The van der Waals surface area contributed by atoms with Gasteiger partial charge < -0.3 is 4.90 Å². The fourth-order valence-corrected chi connectivity index (χ4v) is 4.35. The Hall–Kier alpha value is -3.38. The van der Waals surface area contributed by atoms with Gasteiger partial charge in [0.2, 0.25) is 5.82 Å². The minimum Gasteiger partial charge on any atom is -0.318 e. The lowest BCUT2D eigenvalue weighted by Crippen LogP contribution is -3.12. The molecule has 150 valence electrons. The Labute approximate surface area is 174 Å². The summed E-state index contributed by atoms with van der Waals surface area (Å²) in [5, 5.41) is 12.7. The summed E-state index contributed by atoms with van der Waals surface area (Å²) in [5.41, 5.74) is 4.98. The van der Waals surface area contributed by atoms with Crippen LogP contribution in [0.5, 0.6) is 0 Å². The number of benzene rings is 3. The Bertz CT molecular complexity index is 1120. The van der Waals surface area contributed by atoms with E-state index in [2.05, 4.69) is 64.1 Å². The first-order valence-corrected chi connectivity index (χ1v) is 10.2. The molecule has 1 aliphatic heterocycles. The highest BCUT2D eigenvalue weighted by molar-refractivity contribution is 5.28. The van der Waals surface area contributed by atoms with Crippen LogP contribution in [-0.2, 0) is 19.5 Å². The Morgan fingerprint density at radius 2 is 1.63 bits per heavy atom. The van der Waals surface area contributed by atoms with Crippen LogP contribution in [0.1, 0.15) is 34.1 Å². The van der Waals surface area contributed by atoms with Crippen LogP contribution in [0, 0.1) is 5.82 Å². The summed E-state index contributed by atoms with van der Waals surface area (Å²) in [6, 6.07) is 25.6. The van der Waals surface area contributed by atoms with Crippen molar-refractivity contribution in [1.82, 2.24) is 20.2 Å². The molecule has 30 heavy (non-hydrogen) atoms. The summed E-state index contributed by atoms with van der Waals surface area (Å²) in [5.74, 6) is 0.592. The topological polar surface area (TPSA) is 48.0 Å². The molecule has 1 aliphatic rings. The minimum absolute atomic E-state index is 0.0232. The fraction of sp³-hybridized carbons (Fsp3) is 0.208. The summed E-state index contributed by atoms with van der Waals surface area (Å²) in [7, 11) is 0. The average molecular weight is 400 g/mol. The molecule has 3 aromatic carbocycles. The van der Waals surface area contributed by atoms with Gasteiger partial charge in [-0.1, -0.05) is 66.7 Å². The monoisotopic (exact) mass is 400 g/mol. The highest BCUT2D eigenvalue weighted by Crippen LogP contribution is 2.20. The summed E-state index contributed by atoms with van der Waals surface area (Å²) in [6.07, 6.45) is 1.04. The smallest absolute Gasteiger partial charge is 0.214 e. The van der Waals surface area contributed by atoms with Crippen molar-refractivity contribution in [3.63, 3.8) is 0 Å². The number of quaternary nitrogens is 1. The Morgan fingerprint density at radius 3 is 2.43 bits per heavy atom. The summed E-state index contributed by atoms with van der Waals surface area (Å²) < 4.78 is 15.2. The molecule has 2 heterocycles. The first-order chi connectivity index (χ1) is 14.8. The van der Waals surface area contributed by atoms with E-state index in [1.54, 1.807) is 12.1 Å². The number of tetrazole rings is 1. The van der Waals surface area contributed by atoms with Crippen molar-refractivity contribution in [2.24, 2.45) is 0 Å². The zero-order chi connectivity index (χ0) is 20.3. The van der Waals surface area contributed by atoms with Crippen LogP contribution in [0.15, 0.2) is 78.9 Å². The van der Waals surface area contributed by atoms with E-state index in [1.165, 1.54) is 33.7 Å². The van der Waals surface area contributed by atoms with Crippen molar-refractivity contribution >= 4 is 0 Å². The van der Waals surface area contributed by atoms with Gasteiger partial charge in [0, 0.05) is 17.5 Å². The third kappa shape index (κ3) is 3.74. The zero-order valence-corrected chi connectivity index (χ0v) is 16.6. The van der Waals surface area contributed by atoms with Crippen LogP contribution in [0.25, 0.3) is 0 Å². The molecular formula is C24H23FN5+. The summed E-state index contributed by atoms with van der Waals surface area (Å²) in [6.45, 7) is 2.45. The van der Waals surface area contributed by atoms with Gasteiger partial charge >= 0.3 is 0 Å². The van der Waals surface area contributed by atoms with Crippen LogP contribution in [-0.4, -0.2) is 26.8 Å². The highest BCUT2D eigenvalue weighted by Gasteiger charge is 2.33. The molecule has 0 fully saturated rings. The van der Waals surface area contributed by atoms with Gasteiger partial charge in [0.25, 0.3) is 0 Å². The molecule has 0 aliphatic carbocycles. The number of nitrogens with zero attached hydrogens (tertiary/aromatic N) is 4. The molecule has 5 nitrogen and oxygen atoms in total. The van der Waals surface area contributed by atoms with E-state index in [0.29, 0.717) is 6.54 Å². The van der Waals surface area contributed by atoms with Gasteiger partial charge in [-0.3, -0.25) is 0 Å². The molecule has 2 atom stereocenters. The normalized spacial score (nSPS) is 16.8. The second-order valence-electron chi connectivity index (χ2n) is 7.77. The largest absolute Gasteiger partial charge is 0.318 e. The van der Waals surface area contributed by atoms with Crippen molar-refractivity contribution in [2.45, 2.75) is 25.6 Å². The number of aromatic nitrogens is 4. The van der Waals surface area contributed by atoms with Crippen LogP contribution < -0.4 is 4.90 Å². The van der Waals surface area contributed by atoms with Gasteiger partial charge in [-0.25, -0.2) is 9.07 Å². The number of hydrogen-bond acceptors (Lipinski definition) is 3. The van der Waals surface area contributed by atoms with Crippen LogP contribution in [0.4, 0.5) is 4.39 Å². The van der Waals surface area contributed by atoms with Crippen molar-refractivity contribution in [2.75, 3.05) is 6.54 Å². The number of hydrogen-bond donors (Lipinski definition) is 1. The molecule has 4 aromatic rings. The molecule has 0 amide bonds. The molecule has 1 N–H and O–H groups in total. The number of nitrogens with one attached hydrogen (secondary N) is 1. The number of halogens is 1. The number of fused-ring (bicyclic) bond motifs is 1. The SMILES string of the molecule is Fc1ccc(Cn2nnnc2[C@H](c2ccccc2)[NH+]2CCc3ccccc3C2)cc1. The number of rotatable bonds is 5. The van der Waals surface area contributed by atoms with Gasteiger partial charge in [-0.2, -0.15) is 0 Å². The first-order valence-electron chi connectivity index (χ1n) is 10.2. The molecule has 5 rings (SSSR count). The average Bonchev–Trinajstić information content (AvgIpc) is 3.24. The third-order valence-electron chi connectivity index (χ3n) is 5.86. The lowest BCUT2D eigenvalue weighted by molar-refractivity contribution is -0.941. The minimum atomic E-state index is -0.241. The summed E-state index contributed by atoms with van der Waals surface area (Å²) in [4.78, 5) is 1.43. The second kappa shape index (κ2) is 8.16. The van der Waals surface area contributed by atoms with Gasteiger partial charge in [0.15, 0.2) is 6.04 Å². The van der Waals surface area contributed by atoms with Crippen molar-refractivity contribution in [3.05, 3.63) is 113 Å². The van der Waals surface area contributed by atoms with Crippen LogP contribution in [0.2, 0.25) is 0 Å². The Morgan fingerprint density at radius 1 is 0.900 bits per heavy atom. The van der Waals surface area contributed by atoms with Crippen molar-refractivity contribution in [1.29, 1.82) is 0 Å². The molecule has 1 unspecified atom stereocenters. The van der Waals surface area contributed by atoms with E-state index in [1.807, 2.05) is 10.7 Å². The third-order valence-corrected chi connectivity index (χ3v) is 5.86. The summed E-state index contributed by atoms with van der Waals surface area (Å²) >= 11 is 0. The van der Waals surface area contributed by atoms with Gasteiger partial charge in [-0.05, 0) is 33.7 Å². The molecular weight excluding hydrogens is 377 g/mol. The van der Waals surface area contributed by atoms with Gasteiger partial charge in [-0.15, -0.1) is 5.10 Å². The van der Waals surface area contributed by atoms with Crippen molar-refractivity contribution < 1.29 is 9.29 Å². The quantitative estimate of drug-likeness (QED) is 0.560. The second-order valence-corrected chi connectivity index (χ2v) is 7.77. The van der Waals surface area contributed by atoms with E-state index in [0.717, 1.165) is 30.9 Å². The van der Waals surface area contributed by atoms with Crippen LogP contribution in [0.3, 0.4) is 0 Å². The maximum Gasteiger partial charge on any atom is 0.214 e. The Kier molecular flexibility index (Phi) is 5.07. The lowest BCUT2D eigenvalue weighted by Gasteiger charge is -2.32. The van der Waals surface area contributed by atoms with E-state index < -0.39 is 0 Å². The van der Waals surface area contributed by atoms with Crippen molar-refractivity contribution in [3.8, 4) is 0 Å². The molecule has 0 saturated heterocycles. The fourth-order valence-electron chi connectivity index (χ4n) is 4.35. The molecule has 0 radical (unpaired) electrons. The van der Waals surface area contributed by atoms with Gasteiger partial charge in [0.1, 0.15) is 12.4 Å². The maximum atomic E-state index is 13.3. The highest BCUT2D eigenvalue weighted by atomic mass is 19.1. The molecule has 0 saturated carbocycles. The Balaban J connectivity index is 1.51. The zero-order valence-electron chi connectivity index (χ0n) is 16.6. The predicted octanol–water partition coefficient (Wildman–Crippen LogP) is 2.59. The van der Waals surface area contributed by atoms with Gasteiger partial charge in [0.05, 0.1) is 13.1 Å². The van der Waals surface area contributed by atoms with E-state index in [-0.39, 0.29) is 11.9 Å². The molecule has 0 bridgehead atoms. The predicted molar refractivity (Wildman–Crippen MR) is 111 cm³/mol. The maximum absolute atomic E-state index is 13.3. The molecule has 1 aromatic heterocycles. The van der Waals surface area contributed by atoms with Crippen LogP contribution >= 0.6 is 0 Å². The lowest BCUT2D eigenvalue weighted by atomic mass is 9.96. The molecule has 6 heteroatoms. The van der Waals surface area contributed by atoms with E-state index in [9.17, 15) is 4.39 Å². The van der Waals surface area contributed by atoms with E-state index in [4.69, 9.17) is 0 Å².